The molecular weight excluding hydrogens is 300 g/mol. The third-order valence-corrected chi connectivity index (χ3v) is 4.18. The van der Waals surface area contributed by atoms with Crippen LogP contribution in [0.3, 0.4) is 0 Å². The van der Waals surface area contributed by atoms with E-state index in [1.165, 1.54) is 6.33 Å². The third kappa shape index (κ3) is 4.14. The van der Waals surface area contributed by atoms with E-state index in [0.29, 0.717) is 18.1 Å². The Morgan fingerprint density at radius 1 is 1.45 bits per heavy atom. The Labute approximate surface area is 133 Å². The van der Waals surface area contributed by atoms with E-state index in [1.54, 1.807) is 17.5 Å². The molecule has 0 spiro atoms. The Balaban J connectivity index is 1.91. The van der Waals surface area contributed by atoms with E-state index < -0.39 is 0 Å². The van der Waals surface area contributed by atoms with E-state index in [4.69, 9.17) is 0 Å². The fraction of sp³-hybridized carbons (Fsp3) is 0.429. The Morgan fingerprint density at radius 2 is 2.23 bits per heavy atom. The van der Waals surface area contributed by atoms with Crippen molar-refractivity contribution in [3.05, 3.63) is 28.6 Å². The molecule has 118 valence electrons. The molecule has 0 saturated heterocycles. The van der Waals surface area contributed by atoms with Crippen molar-refractivity contribution in [3.63, 3.8) is 0 Å². The van der Waals surface area contributed by atoms with E-state index >= 15 is 0 Å². The predicted molar refractivity (Wildman–Crippen MR) is 88.6 cm³/mol. The molecule has 0 aliphatic carbocycles. The number of thiazole rings is 1. The van der Waals surface area contributed by atoms with E-state index in [2.05, 4.69) is 25.6 Å². The highest BCUT2D eigenvalue weighted by molar-refractivity contribution is 7.09. The molecule has 2 aromatic heterocycles. The quantitative estimate of drug-likeness (QED) is 0.883. The van der Waals surface area contributed by atoms with Crippen LogP contribution in [0.5, 0.6) is 0 Å². The zero-order valence-electron chi connectivity index (χ0n) is 13.1. The minimum atomic E-state index is -0.280. The smallest absolute Gasteiger partial charge is 0.319 e. The Kier molecular flexibility index (Phi) is 5.26. The minimum Gasteiger partial charge on any atom is -0.361 e. The van der Waals surface area contributed by atoms with Crippen molar-refractivity contribution < 1.29 is 4.79 Å². The summed E-state index contributed by atoms with van der Waals surface area (Å²) in [5, 5.41) is 8.65. The molecule has 0 fully saturated rings. The van der Waals surface area contributed by atoms with Crippen LogP contribution in [-0.2, 0) is 0 Å². The summed E-state index contributed by atoms with van der Waals surface area (Å²) in [6.45, 7) is 4.52. The highest BCUT2D eigenvalue weighted by atomic mass is 32.1. The van der Waals surface area contributed by atoms with Crippen molar-refractivity contribution >= 4 is 28.9 Å². The van der Waals surface area contributed by atoms with Gasteiger partial charge in [-0.05, 0) is 6.92 Å². The number of aryl methyl sites for hydroxylation is 1. The molecule has 0 aromatic carbocycles. The summed E-state index contributed by atoms with van der Waals surface area (Å²) in [5.41, 5.74) is 1.58. The number of rotatable bonds is 5. The Morgan fingerprint density at radius 3 is 2.86 bits per heavy atom. The van der Waals surface area contributed by atoms with Crippen LogP contribution in [0.1, 0.15) is 23.5 Å². The molecule has 2 N–H and O–H groups in total. The number of aromatic nitrogens is 3. The van der Waals surface area contributed by atoms with E-state index in [0.717, 1.165) is 10.7 Å². The van der Waals surface area contributed by atoms with Crippen LogP contribution < -0.4 is 15.5 Å². The molecule has 1 atom stereocenters. The van der Waals surface area contributed by atoms with E-state index in [1.807, 2.05) is 38.2 Å². The summed E-state index contributed by atoms with van der Waals surface area (Å²) in [4.78, 5) is 26.3. The van der Waals surface area contributed by atoms with Gasteiger partial charge in [0.25, 0.3) is 0 Å². The van der Waals surface area contributed by atoms with Crippen molar-refractivity contribution in [1.82, 2.24) is 20.3 Å². The molecule has 0 aliphatic heterocycles. The Bertz CT molecular complexity index is 642. The molecule has 0 radical (unpaired) electrons. The maximum Gasteiger partial charge on any atom is 0.319 e. The van der Waals surface area contributed by atoms with Gasteiger partial charge < -0.3 is 15.5 Å². The highest BCUT2D eigenvalue weighted by Crippen LogP contribution is 2.20. The van der Waals surface area contributed by atoms with Gasteiger partial charge in [-0.15, -0.1) is 11.3 Å². The first kappa shape index (κ1) is 16.2. The summed E-state index contributed by atoms with van der Waals surface area (Å²) >= 11 is 1.61. The zero-order chi connectivity index (χ0) is 16.1. The lowest BCUT2D eigenvalue weighted by Crippen LogP contribution is -2.32. The number of hydrogen-bond acceptors (Lipinski definition) is 6. The third-order valence-electron chi connectivity index (χ3n) is 2.99. The normalized spacial score (nSPS) is 11.8. The second-order valence-electron chi connectivity index (χ2n) is 5.22. The van der Waals surface area contributed by atoms with Crippen molar-refractivity contribution in [3.8, 4) is 0 Å². The summed E-state index contributed by atoms with van der Waals surface area (Å²) in [5.74, 6) is 0.832. The van der Waals surface area contributed by atoms with Gasteiger partial charge >= 0.3 is 6.03 Å². The monoisotopic (exact) mass is 320 g/mol. The van der Waals surface area contributed by atoms with Crippen molar-refractivity contribution in [1.29, 1.82) is 0 Å². The van der Waals surface area contributed by atoms with Crippen LogP contribution >= 0.6 is 11.3 Å². The van der Waals surface area contributed by atoms with Gasteiger partial charge in [-0.1, -0.05) is 6.92 Å². The predicted octanol–water partition coefficient (Wildman–Crippen LogP) is 2.23. The number of nitrogens with one attached hydrogen (secondary N) is 2. The summed E-state index contributed by atoms with van der Waals surface area (Å²) in [7, 11) is 3.72. The molecule has 0 bridgehead atoms. The maximum absolute atomic E-state index is 12.0. The first-order valence-corrected chi connectivity index (χ1v) is 7.79. The number of amides is 2. The lowest BCUT2D eigenvalue weighted by atomic mass is 10.2. The molecular formula is C14H20N6OS. The number of carbonyl (C=O) groups excluding carboxylic acids is 1. The van der Waals surface area contributed by atoms with Crippen LogP contribution in [0, 0.1) is 6.92 Å². The zero-order valence-corrected chi connectivity index (χ0v) is 13.9. The fourth-order valence-corrected chi connectivity index (χ4v) is 2.72. The summed E-state index contributed by atoms with van der Waals surface area (Å²) < 4.78 is 0. The van der Waals surface area contributed by atoms with Gasteiger partial charge in [-0.2, -0.15) is 0 Å². The molecule has 2 amide bonds. The Hall–Kier alpha value is -2.22. The minimum absolute atomic E-state index is 0.171. The lowest BCUT2D eigenvalue weighted by Gasteiger charge is -2.16. The fourth-order valence-electron chi connectivity index (χ4n) is 1.87. The topological polar surface area (TPSA) is 83.0 Å². The summed E-state index contributed by atoms with van der Waals surface area (Å²) in [6.07, 6.45) is 3.03. The number of hydrogen-bond donors (Lipinski definition) is 2. The van der Waals surface area contributed by atoms with Crippen LogP contribution in [0.25, 0.3) is 0 Å². The SMILES string of the molecule is Cc1csc([C@H](C)CNC(=O)Nc2cncnc2N(C)C)n1. The van der Waals surface area contributed by atoms with Crippen LogP contribution in [-0.4, -0.2) is 41.6 Å². The van der Waals surface area contributed by atoms with Gasteiger partial charge in [0.05, 0.1) is 11.2 Å². The standard InChI is InChI=1S/C14H20N6OS/c1-9(13-18-10(2)7-22-13)5-16-14(21)19-11-6-15-8-17-12(11)20(3)4/h6-9H,5H2,1-4H3,(H2,16,19,21)/t9-/m1/s1. The van der Waals surface area contributed by atoms with Crippen LogP contribution in [0.15, 0.2) is 17.9 Å². The molecule has 0 aliphatic rings. The average Bonchev–Trinajstić information content (AvgIpc) is 2.92. The molecule has 2 aromatic rings. The van der Waals surface area contributed by atoms with Crippen LogP contribution in [0.2, 0.25) is 0 Å². The van der Waals surface area contributed by atoms with E-state index in [-0.39, 0.29) is 11.9 Å². The molecule has 0 saturated carbocycles. The first-order valence-electron chi connectivity index (χ1n) is 6.91. The van der Waals surface area contributed by atoms with Gasteiger partial charge in [0, 0.05) is 37.6 Å². The molecule has 0 unspecified atom stereocenters. The first-order chi connectivity index (χ1) is 10.5. The molecule has 7 nitrogen and oxygen atoms in total. The van der Waals surface area contributed by atoms with Gasteiger partial charge in [0.1, 0.15) is 12.0 Å². The van der Waals surface area contributed by atoms with Crippen molar-refractivity contribution in [2.45, 2.75) is 19.8 Å². The van der Waals surface area contributed by atoms with Gasteiger partial charge in [0.2, 0.25) is 0 Å². The lowest BCUT2D eigenvalue weighted by molar-refractivity contribution is 0.251. The molecule has 8 heteroatoms. The second-order valence-corrected chi connectivity index (χ2v) is 6.11. The van der Waals surface area contributed by atoms with Crippen LogP contribution in [0.4, 0.5) is 16.3 Å². The highest BCUT2D eigenvalue weighted by Gasteiger charge is 2.13. The largest absolute Gasteiger partial charge is 0.361 e. The number of carbonyl (C=O) groups is 1. The average molecular weight is 320 g/mol. The second kappa shape index (κ2) is 7.17. The summed E-state index contributed by atoms with van der Waals surface area (Å²) in [6, 6.07) is -0.280. The number of anilines is 2. The number of urea groups is 1. The molecule has 22 heavy (non-hydrogen) atoms. The van der Waals surface area contributed by atoms with Gasteiger partial charge in [-0.25, -0.2) is 19.7 Å². The maximum atomic E-state index is 12.0. The van der Waals surface area contributed by atoms with Gasteiger partial charge in [-0.3, -0.25) is 0 Å². The molecule has 2 heterocycles. The number of nitrogens with zero attached hydrogens (tertiary/aromatic N) is 4. The molecule has 2 rings (SSSR count). The van der Waals surface area contributed by atoms with Crippen molar-refractivity contribution in [2.75, 3.05) is 30.9 Å². The van der Waals surface area contributed by atoms with Crippen molar-refractivity contribution in [2.24, 2.45) is 0 Å². The van der Waals surface area contributed by atoms with E-state index in [9.17, 15) is 4.79 Å². The van der Waals surface area contributed by atoms with Gasteiger partial charge in [0.15, 0.2) is 5.82 Å².